The molecule has 0 spiro atoms. The fourth-order valence-corrected chi connectivity index (χ4v) is 6.40. The average Bonchev–Trinajstić information content (AvgIpc) is 3.59. The topological polar surface area (TPSA) is 147 Å². The monoisotopic (exact) mass is 711 g/mol. The van der Waals surface area contributed by atoms with Crippen LogP contribution >= 0.6 is 0 Å². The number of benzene rings is 5. The van der Waals surface area contributed by atoms with Gasteiger partial charge in [0.15, 0.2) is 11.6 Å². The van der Waals surface area contributed by atoms with Crippen molar-refractivity contribution in [2.24, 2.45) is 10.1 Å². The van der Waals surface area contributed by atoms with Gasteiger partial charge in [-0.25, -0.2) is 4.99 Å². The summed E-state index contributed by atoms with van der Waals surface area (Å²) in [5.41, 5.74) is 13.3. The number of rotatable bonds is 16. The van der Waals surface area contributed by atoms with E-state index in [1.807, 2.05) is 97.1 Å². The number of ether oxygens (including phenoxy) is 4. The number of carbonyl (C=O) groups is 1. The van der Waals surface area contributed by atoms with Gasteiger partial charge in [-0.3, -0.25) is 4.79 Å². The Kier molecular flexibility index (Phi) is 11.9. The first-order valence-corrected chi connectivity index (χ1v) is 17.4. The first kappa shape index (κ1) is 36.5. The Labute approximate surface area is 308 Å². The van der Waals surface area contributed by atoms with Crippen LogP contribution in [0.3, 0.4) is 0 Å². The summed E-state index contributed by atoms with van der Waals surface area (Å²) in [6.07, 6.45) is 0.201. The molecule has 2 N–H and O–H groups in total. The number of hydrogen-bond acceptors (Lipinski definition) is 8. The molecule has 1 heterocycles. The standard InChI is InChI=1S/C42H41N5O6/c1-50-36-21-22-38(51-2)33(27-36)23-24-44-41(49)42(28-34-11-6-7-12-37(34)46-47-43)39(31-15-13-30(14-16-31)29-9-4-3-5-10-29)53-40(45-42)32-17-19-35(20-18-32)52-26-8-25-48/h3-7,9-22,27,39,48H,8,23-26,28H2,1-2H3,(H,44,49)/t39-,42-/m1/s1. The lowest BCUT2D eigenvalue weighted by molar-refractivity contribution is -0.128. The molecule has 11 nitrogen and oxygen atoms in total. The second-order valence-electron chi connectivity index (χ2n) is 12.5. The van der Waals surface area contributed by atoms with Gasteiger partial charge in [0, 0.05) is 42.2 Å². The van der Waals surface area contributed by atoms with E-state index in [1.165, 1.54) is 0 Å². The Morgan fingerprint density at radius 2 is 1.57 bits per heavy atom. The molecule has 53 heavy (non-hydrogen) atoms. The van der Waals surface area contributed by atoms with E-state index in [4.69, 9.17) is 29.0 Å². The maximum Gasteiger partial charge on any atom is 0.252 e. The highest BCUT2D eigenvalue weighted by Gasteiger charge is 2.53. The lowest BCUT2D eigenvalue weighted by Gasteiger charge is -2.31. The van der Waals surface area contributed by atoms with Crippen LogP contribution in [0.5, 0.6) is 17.2 Å². The minimum atomic E-state index is -1.51. The van der Waals surface area contributed by atoms with Gasteiger partial charge in [-0.15, -0.1) is 0 Å². The molecule has 0 saturated carbocycles. The van der Waals surface area contributed by atoms with E-state index in [9.17, 15) is 10.3 Å². The lowest BCUT2D eigenvalue weighted by Crippen LogP contribution is -2.50. The first-order valence-electron chi connectivity index (χ1n) is 17.4. The Hall–Kier alpha value is -6.29. The summed E-state index contributed by atoms with van der Waals surface area (Å²) in [5.74, 6) is 1.93. The second-order valence-corrected chi connectivity index (χ2v) is 12.5. The molecule has 0 fully saturated rings. The zero-order chi connectivity index (χ0) is 37.0. The number of aliphatic imine (C=N–C) groups is 1. The molecular weight excluding hydrogens is 670 g/mol. The summed E-state index contributed by atoms with van der Waals surface area (Å²) < 4.78 is 23.5. The summed E-state index contributed by atoms with van der Waals surface area (Å²) in [5, 5.41) is 16.2. The molecule has 5 aromatic carbocycles. The van der Waals surface area contributed by atoms with Gasteiger partial charge in [0.25, 0.3) is 5.91 Å². The highest BCUT2D eigenvalue weighted by molar-refractivity contribution is 6.01. The molecule has 0 aromatic heterocycles. The number of carbonyl (C=O) groups excluding carboxylic acids is 1. The molecule has 0 unspecified atom stereocenters. The van der Waals surface area contributed by atoms with Crippen LogP contribution in [0.4, 0.5) is 5.69 Å². The summed E-state index contributed by atoms with van der Waals surface area (Å²) in [6.45, 7) is 0.687. The summed E-state index contributed by atoms with van der Waals surface area (Å²) >= 11 is 0. The molecule has 5 aromatic rings. The maximum absolute atomic E-state index is 14.9. The Morgan fingerprint density at radius 1 is 0.868 bits per heavy atom. The van der Waals surface area contributed by atoms with Crippen molar-refractivity contribution in [3.8, 4) is 28.4 Å². The van der Waals surface area contributed by atoms with Crippen LogP contribution in [-0.2, 0) is 22.4 Å². The quantitative estimate of drug-likeness (QED) is 0.0460. The van der Waals surface area contributed by atoms with Crippen molar-refractivity contribution >= 4 is 17.5 Å². The molecule has 0 aliphatic carbocycles. The second kappa shape index (κ2) is 17.3. The summed E-state index contributed by atoms with van der Waals surface area (Å²) in [7, 11) is 3.21. The van der Waals surface area contributed by atoms with Crippen molar-refractivity contribution in [2.45, 2.75) is 30.9 Å². The molecule has 6 rings (SSSR count). The van der Waals surface area contributed by atoms with Crippen molar-refractivity contribution in [1.82, 2.24) is 5.32 Å². The third-order valence-corrected chi connectivity index (χ3v) is 9.12. The van der Waals surface area contributed by atoms with Crippen molar-refractivity contribution < 1.29 is 28.8 Å². The van der Waals surface area contributed by atoms with E-state index in [1.54, 1.807) is 38.5 Å². The van der Waals surface area contributed by atoms with E-state index in [-0.39, 0.29) is 31.4 Å². The maximum atomic E-state index is 14.9. The van der Waals surface area contributed by atoms with Gasteiger partial charge in [0.05, 0.1) is 20.8 Å². The van der Waals surface area contributed by atoms with Crippen molar-refractivity contribution in [3.05, 3.63) is 154 Å². The molecule has 1 amide bonds. The predicted molar refractivity (Wildman–Crippen MR) is 204 cm³/mol. The Morgan fingerprint density at radius 3 is 2.28 bits per heavy atom. The number of nitrogens with zero attached hydrogens (tertiary/aromatic N) is 4. The van der Waals surface area contributed by atoms with Gasteiger partial charge < -0.3 is 29.4 Å². The normalized spacial score (nSPS) is 16.1. The van der Waals surface area contributed by atoms with Gasteiger partial charge in [-0.2, -0.15) is 0 Å². The van der Waals surface area contributed by atoms with E-state index in [0.29, 0.717) is 53.5 Å². The first-order chi connectivity index (χ1) is 26.0. The van der Waals surface area contributed by atoms with Crippen LogP contribution < -0.4 is 19.5 Å². The molecule has 0 saturated heterocycles. The summed E-state index contributed by atoms with van der Waals surface area (Å²) in [4.78, 5) is 23.1. The highest BCUT2D eigenvalue weighted by atomic mass is 16.5. The van der Waals surface area contributed by atoms with E-state index < -0.39 is 11.6 Å². The van der Waals surface area contributed by atoms with Crippen LogP contribution in [0.25, 0.3) is 21.6 Å². The van der Waals surface area contributed by atoms with Gasteiger partial charge in [0.2, 0.25) is 5.90 Å². The van der Waals surface area contributed by atoms with E-state index in [2.05, 4.69) is 15.3 Å². The van der Waals surface area contributed by atoms with Gasteiger partial charge in [0.1, 0.15) is 17.2 Å². The predicted octanol–water partition coefficient (Wildman–Crippen LogP) is 7.93. The number of nitrogens with one attached hydrogen (secondary N) is 1. The average molecular weight is 712 g/mol. The van der Waals surface area contributed by atoms with Crippen molar-refractivity contribution in [2.75, 3.05) is 34.0 Å². The van der Waals surface area contributed by atoms with Crippen LogP contribution in [0.1, 0.15) is 34.8 Å². The largest absolute Gasteiger partial charge is 0.497 e. The molecule has 1 aliphatic rings. The molecular formula is C42H41N5O6. The Bertz CT molecular complexity index is 2080. The summed E-state index contributed by atoms with van der Waals surface area (Å²) in [6, 6.07) is 38.0. The smallest absolute Gasteiger partial charge is 0.252 e. The van der Waals surface area contributed by atoms with E-state index >= 15 is 0 Å². The number of aliphatic hydroxyl groups is 1. The SMILES string of the molecule is COc1ccc(OC)c(CCNC(=O)[C@]2(Cc3ccccc3N=[N+]=[N-])N=C(c3ccc(OCCCO)cc3)O[C@@H]2c2ccc(-c3ccccc3)cc2)c1. The Balaban J connectivity index is 1.41. The fraction of sp³-hybridized carbons (Fsp3) is 0.238. The van der Waals surface area contributed by atoms with Crippen LogP contribution in [0, 0.1) is 0 Å². The lowest BCUT2D eigenvalue weighted by atomic mass is 9.81. The third-order valence-electron chi connectivity index (χ3n) is 9.12. The number of azide groups is 1. The fourth-order valence-electron chi connectivity index (χ4n) is 6.40. The van der Waals surface area contributed by atoms with Gasteiger partial charge in [-0.05, 0) is 82.2 Å². The minimum absolute atomic E-state index is 0.0382. The molecule has 0 bridgehead atoms. The number of hydrogen-bond donors (Lipinski definition) is 2. The minimum Gasteiger partial charge on any atom is -0.497 e. The number of aliphatic hydroxyl groups excluding tert-OH is 1. The number of methoxy groups -OCH3 is 2. The molecule has 11 heteroatoms. The zero-order valence-electron chi connectivity index (χ0n) is 29.6. The molecule has 270 valence electrons. The van der Waals surface area contributed by atoms with Crippen molar-refractivity contribution in [1.29, 1.82) is 0 Å². The molecule has 1 aliphatic heterocycles. The highest BCUT2D eigenvalue weighted by Crippen LogP contribution is 2.44. The number of amides is 1. The van der Waals surface area contributed by atoms with Gasteiger partial charge >= 0.3 is 0 Å². The van der Waals surface area contributed by atoms with Crippen molar-refractivity contribution in [3.63, 3.8) is 0 Å². The van der Waals surface area contributed by atoms with Crippen LogP contribution in [0.2, 0.25) is 0 Å². The molecule has 0 radical (unpaired) electrons. The van der Waals surface area contributed by atoms with E-state index in [0.717, 1.165) is 22.3 Å². The zero-order valence-corrected chi connectivity index (χ0v) is 29.6. The van der Waals surface area contributed by atoms with Gasteiger partial charge in [-0.1, -0.05) is 84.0 Å². The third kappa shape index (κ3) is 8.44. The van der Waals surface area contributed by atoms with Crippen LogP contribution in [0.15, 0.2) is 131 Å². The molecule has 2 atom stereocenters. The van der Waals surface area contributed by atoms with Crippen LogP contribution in [-0.4, -0.2) is 56.4 Å².